The summed E-state index contributed by atoms with van der Waals surface area (Å²) in [5.74, 6) is -0.652. The summed E-state index contributed by atoms with van der Waals surface area (Å²) in [6, 6.07) is -0.869. The molecule has 2 amide bonds. The number of nitrogens with zero attached hydrogens (tertiary/aromatic N) is 1. The third-order valence-corrected chi connectivity index (χ3v) is 3.09. The lowest BCUT2D eigenvalue weighted by Gasteiger charge is -2.34. The minimum Gasteiger partial charge on any atom is -0.377 e. The van der Waals surface area contributed by atoms with Crippen LogP contribution in [-0.2, 0) is 14.3 Å². The second-order valence-corrected chi connectivity index (χ2v) is 6.31. The van der Waals surface area contributed by atoms with Crippen molar-refractivity contribution in [2.24, 2.45) is 16.9 Å². The number of carbonyl (C=O) groups excluding carboxylic acids is 2. The lowest BCUT2D eigenvalue weighted by Crippen LogP contribution is -2.55. The van der Waals surface area contributed by atoms with Crippen LogP contribution < -0.4 is 11.5 Å². The van der Waals surface area contributed by atoms with E-state index in [0.29, 0.717) is 13.2 Å². The number of morpholine rings is 1. The van der Waals surface area contributed by atoms with Crippen molar-refractivity contribution in [2.45, 2.75) is 45.7 Å². The van der Waals surface area contributed by atoms with E-state index in [1.165, 1.54) is 4.90 Å². The molecule has 1 heterocycles. The molecule has 1 rings (SSSR count). The molecule has 0 aliphatic carbocycles. The average molecular weight is 271 g/mol. The highest BCUT2D eigenvalue weighted by atomic mass is 16.5. The SMILES string of the molecule is CC(C)(C)CC(N)CC(=O)N1CCOCC1C(N)=O. The molecular formula is C13H25N3O3. The van der Waals surface area contributed by atoms with Crippen molar-refractivity contribution in [3.05, 3.63) is 0 Å². The number of ether oxygens (including phenoxy) is 1. The Balaban J connectivity index is 2.58. The largest absolute Gasteiger partial charge is 0.377 e. The van der Waals surface area contributed by atoms with E-state index in [2.05, 4.69) is 20.8 Å². The minimum atomic E-state index is -0.664. The zero-order chi connectivity index (χ0) is 14.6. The Labute approximate surface area is 114 Å². The van der Waals surface area contributed by atoms with E-state index in [-0.39, 0.29) is 30.4 Å². The summed E-state index contributed by atoms with van der Waals surface area (Å²) in [6.07, 6.45) is 0.991. The molecule has 2 unspecified atom stereocenters. The highest BCUT2D eigenvalue weighted by molar-refractivity contribution is 5.87. The molecule has 0 aromatic heterocycles. The number of rotatable bonds is 4. The number of primary amides is 1. The Morgan fingerprint density at radius 2 is 2.05 bits per heavy atom. The van der Waals surface area contributed by atoms with E-state index >= 15 is 0 Å². The van der Waals surface area contributed by atoms with Gasteiger partial charge >= 0.3 is 0 Å². The Morgan fingerprint density at radius 1 is 1.42 bits per heavy atom. The average Bonchev–Trinajstić information content (AvgIpc) is 2.26. The van der Waals surface area contributed by atoms with E-state index in [1.807, 2.05) is 0 Å². The summed E-state index contributed by atoms with van der Waals surface area (Å²) >= 11 is 0. The summed E-state index contributed by atoms with van der Waals surface area (Å²) in [4.78, 5) is 25.0. The van der Waals surface area contributed by atoms with Gasteiger partial charge < -0.3 is 21.1 Å². The summed E-state index contributed by atoms with van der Waals surface area (Å²) in [5.41, 5.74) is 11.4. The van der Waals surface area contributed by atoms with Crippen molar-refractivity contribution in [3.8, 4) is 0 Å². The zero-order valence-corrected chi connectivity index (χ0v) is 12.0. The van der Waals surface area contributed by atoms with Gasteiger partial charge in [0.25, 0.3) is 0 Å². The van der Waals surface area contributed by atoms with Crippen LogP contribution in [0.4, 0.5) is 0 Å². The molecule has 4 N–H and O–H groups in total. The van der Waals surface area contributed by atoms with Gasteiger partial charge in [-0.15, -0.1) is 0 Å². The molecule has 0 saturated carbocycles. The quantitative estimate of drug-likeness (QED) is 0.743. The summed E-state index contributed by atoms with van der Waals surface area (Å²) in [5, 5.41) is 0. The number of hydrogen-bond donors (Lipinski definition) is 2. The van der Waals surface area contributed by atoms with Gasteiger partial charge in [-0.1, -0.05) is 20.8 Å². The first kappa shape index (κ1) is 15.9. The first-order chi connectivity index (χ1) is 8.70. The monoisotopic (exact) mass is 271 g/mol. The lowest BCUT2D eigenvalue weighted by atomic mass is 9.87. The smallest absolute Gasteiger partial charge is 0.242 e. The molecule has 1 saturated heterocycles. The van der Waals surface area contributed by atoms with Gasteiger partial charge in [-0.2, -0.15) is 0 Å². The third-order valence-electron chi connectivity index (χ3n) is 3.09. The highest BCUT2D eigenvalue weighted by Gasteiger charge is 2.32. The van der Waals surface area contributed by atoms with Gasteiger partial charge in [0.15, 0.2) is 0 Å². The first-order valence-electron chi connectivity index (χ1n) is 6.63. The van der Waals surface area contributed by atoms with Crippen molar-refractivity contribution in [1.82, 2.24) is 4.90 Å². The summed E-state index contributed by atoms with van der Waals surface area (Å²) in [7, 11) is 0. The molecule has 6 nitrogen and oxygen atoms in total. The Bertz CT molecular complexity index is 339. The molecular weight excluding hydrogens is 246 g/mol. The fraction of sp³-hybridized carbons (Fsp3) is 0.846. The Kier molecular flexibility index (Phi) is 5.31. The van der Waals surface area contributed by atoms with Crippen LogP contribution in [0.3, 0.4) is 0 Å². The van der Waals surface area contributed by atoms with Crippen molar-refractivity contribution in [1.29, 1.82) is 0 Å². The van der Waals surface area contributed by atoms with E-state index in [4.69, 9.17) is 16.2 Å². The second-order valence-electron chi connectivity index (χ2n) is 6.31. The van der Waals surface area contributed by atoms with E-state index in [0.717, 1.165) is 6.42 Å². The molecule has 0 aromatic rings. The van der Waals surface area contributed by atoms with Crippen molar-refractivity contribution < 1.29 is 14.3 Å². The molecule has 1 aliphatic rings. The topological polar surface area (TPSA) is 98.7 Å². The van der Waals surface area contributed by atoms with Crippen molar-refractivity contribution in [3.63, 3.8) is 0 Å². The highest BCUT2D eigenvalue weighted by Crippen LogP contribution is 2.21. The fourth-order valence-electron chi connectivity index (χ4n) is 2.34. The molecule has 0 aromatic carbocycles. The third kappa shape index (κ3) is 5.16. The minimum absolute atomic E-state index is 0.0772. The van der Waals surface area contributed by atoms with Crippen LogP contribution in [0.15, 0.2) is 0 Å². The maximum Gasteiger partial charge on any atom is 0.242 e. The molecule has 1 aliphatic heterocycles. The van der Waals surface area contributed by atoms with E-state index < -0.39 is 11.9 Å². The van der Waals surface area contributed by atoms with Crippen LogP contribution in [-0.4, -0.2) is 48.6 Å². The van der Waals surface area contributed by atoms with Crippen LogP contribution in [0.2, 0.25) is 0 Å². The summed E-state index contributed by atoms with van der Waals surface area (Å²) in [6.45, 7) is 7.25. The zero-order valence-electron chi connectivity index (χ0n) is 12.0. The van der Waals surface area contributed by atoms with E-state index in [9.17, 15) is 9.59 Å². The van der Waals surface area contributed by atoms with Crippen LogP contribution in [0.1, 0.15) is 33.6 Å². The first-order valence-corrected chi connectivity index (χ1v) is 6.63. The van der Waals surface area contributed by atoms with Gasteiger partial charge in [-0.25, -0.2) is 0 Å². The molecule has 1 fully saturated rings. The fourth-order valence-corrected chi connectivity index (χ4v) is 2.34. The van der Waals surface area contributed by atoms with Gasteiger partial charge in [0.2, 0.25) is 11.8 Å². The number of amides is 2. The molecule has 110 valence electrons. The van der Waals surface area contributed by atoms with Gasteiger partial charge in [0, 0.05) is 19.0 Å². The normalized spacial score (nSPS) is 22.1. The molecule has 0 radical (unpaired) electrons. The molecule has 0 bridgehead atoms. The maximum atomic E-state index is 12.2. The van der Waals surface area contributed by atoms with Gasteiger partial charge in [-0.3, -0.25) is 9.59 Å². The van der Waals surface area contributed by atoms with E-state index in [1.54, 1.807) is 0 Å². The van der Waals surface area contributed by atoms with Gasteiger partial charge in [0.05, 0.1) is 13.2 Å². The molecule has 6 heteroatoms. The Morgan fingerprint density at radius 3 is 2.58 bits per heavy atom. The maximum absolute atomic E-state index is 12.2. The van der Waals surface area contributed by atoms with Crippen LogP contribution in [0, 0.1) is 5.41 Å². The van der Waals surface area contributed by atoms with Crippen molar-refractivity contribution in [2.75, 3.05) is 19.8 Å². The number of nitrogens with two attached hydrogens (primary N) is 2. The predicted molar refractivity (Wildman–Crippen MR) is 72.2 cm³/mol. The molecule has 19 heavy (non-hydrogen) atoms. The summed E-state index contributed by atoms with van der Waals surface area (Å²) < 4.78 is 5.18. The number of carbonyl (C=O) groups is 2. The van der Waals surface area contributed by atoms with Crippen molar-refractivity contribution >= 4 is 11.8 Å². The van der Waals surface area contributed by atoms with Gasteiger partial charge in [0.1, 0.15) is 6.04 Å². The van der Waals surface area contributed by atoms with Crippen LogP contribution in [0.25, 0.3) is 0 Å². The second kappa shape index (κ2) is 6.34. The lowest BCUT2D eigenvalue weighted by molar-refractivity contribution is -0.147. The Hall–Kier alpha value is -1.14. The molecule has 0 spiro atoms. The number of hydrogen-bond acceptors (Lipinski definition) is 4. The standard InChI is InChI=1S/C13H25N3O3/c1-13(2,3)7-9(14)6-11(17)16-4-5-19-8-10(16)12(15)18/h9-10H,4-8,14H2,1-3H3,(H2,15,18). The predicted octanol–water partition coefficient (Wildman–Crippen LogP) is -0.147. The van der Waals surface area contributed by atoms with Crippen LogP contribution in [0.5, 0.6) is 0 Å². The van der Waals surface area contributed by atoms with Crippen LogP contribution >= 0.6 is 0 Å². The molecule has 2 atom stereocenters. The van der Waals surface area contributed by atoms with Gasteiger partial charge in [-0.05, 0) is 11.8 Å².